The largest absolute Gasteiger partial charge is 0.492 e. The summed E-state index contributed by atoms with van der Waals surface area (Å²) in [5.74, 6) is -1.82. The summed E-state index contributed by atoms with van der Waals surface area (Å²) >= 11 is 5.89. The summed E-state index contributed by atoms with van der Waals surface area (Å²) in [5.41, 5.74) is 1.11. The molecule has 0 atom stereocenters. The Morgan fingerprint density at radius 3 is 2.49 bits per heavy atom. The monoisotopic (exact) mass is 525 g/mol. The van der Waals surface area contributed by atoms with Crippen LogP contribution in [0, 0.1) is 0 Å². The molecule has 0 spiro atoms. The van der Waals surface area contributed by atoms with Crippen molar-refractivity contribution in [2.24, 2.45) is 0 Å². The average Bonchev–Trinajstić information content (AvgIpc) is 3.23. The highest BCUT2D eigenvalue weighted by Gasteiger charge is 2.43. The molecule has 4 aromatic rings. The minimum Gasteiger partial charge on any atom is -0.345 e. The zero-order valence-corrected chi connectivity index (χ0v) is 19.3. The smallest absolute Gasteiger partial charge is 0.345 e. The Hall–Kier alpha value is -3.68. The third-order valence-corrected chi connectivity index (χ3v) is 6.61. The van der Waals surface area contributed by atoms with E-state index in [0.29, 0.717) is 34.6 Å². The van der Waals surface area contributed by atoms with Crippen LogP contribution >= 0.6 is 11.6 Å². The van der Waals surface area contributed by atoms with Gasteiger partial charge < -0.3 is 14.7 Å². The summed E-state index contributed by atoms with van der Waals surface area (Å²) < 4.78 is 64.3. The second-order valence-corrected chi connectivity index (χ2v) is 9.46. The van der Waals surface area contributed by atoms with Gasteiger partial charge in [-0.05, 0) is 46.9 Å². The van der Waals surface area contributed by atoms with Gasteiger partial charge in [-0.3, -0.25) is 0 Å². The minimum absolute atomic E-state index is 0.129. The van der Waals surface area contributed by atoms with E-state index in [-0.39, 0.29) is 4.47 Å². The lowest BCUT2D eigenvalue weighted by Gasteiger charge is -2.17. The van der Waals surface area contributed by atoms with Crippen LogP contribution in [0.25, 0.3) is 16.7 Å². The first kappa shape index (κ1) is 24.4. The third kappa shape index (κ3) is 5.21. The maximum Gasteiger partial charge on any atom is 0.492 e. The molecule has 0 fully saturated rings. The topological polar surface area (TPSA) is 106 Å². The molecule has 0 amide bonds. The van der Waals surface area contributed by atoms with Crippen molar-refractivity contribution in [3.63, 3.8) is 0 Å². The molecule has 0 saturated carbocycles. The number of carbonyl (C=O) groups excluding carboxylic acids is 1. The average molecular weight is 526 g/mol. The van der Waals surface area contributed by atoms with E-state index < -0.39 is 27.1 Å². The van der Waals surface area contributed by atoms with Crippen LogP contribution in [0.5, 0.6) is 0 Å². The first-order valence-corrected chi connectivity index (χ1v) is 11.5. The molecule has 2 aromatic heterocycles. The minimum atomic E-state index is -5.35. The molecule has 14 heteroatoms. The normalized spacial score (nSPS) is 12.2. The summed E-state index contributed by atoms with van der Waals surface area (Å²) in [6.07, 6.45) is -2.40. The summed E-state index contributed by atoms with van der Waals surface area (Å²) in [6.45, 7) is 0. The number of rotatable bonds is 6. The van der Waals surface area contributed by atoms with Crippen LogP contribution < -0.4 is 5.32 Å². The van der Waals surface area contributed by atoms with Gasteiger partial charge in [-0.15, -0.1) is 0 Å². The van der Waals surface area contributed by atoms with Crippen molar-refractivity contribution in [1.29, 1.82) is 0 Å². The predicted octanol–water partition coefficient (Wildman–Crippen LogP) is 4.46. The van der Waals surface area contributed by atoms with Crippen molar-refractivity contribution in [3.8, 4) is 5.82 Å². The quantitative estimate of drug-likeness (QED) is 0.370. The number of nitrogens with one attached hydrogen (secondary N) is 1. The lowest BCUT2D eigenvalue weighted by atomic mass is 10.2. The van der Waals surface area contributed by atoms with Gasteiger partial charge in [-0.25, -0.2) is 23.2 Å². The standard InChI is InChI=1S/C21H15ClF3N5O4S/c1-29(34-20(31)21(23,24)25)35(32,33)16-7-2-13-8-9-30(17(13)10-16)19-11-18(26-12-27-19)28-15-5-3-14(22)4-6-15/h2-12H,1H3,(H,26,27,28). The molecule has 35 heavy (non-hydrogen) atoms. The van der Waals surface area contributed by atoms with E-state index in [1.165, 1.54) is 24.5 Å². The van der Waals surface area contributed by atoms with E-state index in [4.69, 9.17) is 11.6 Å². The molecule has 1 N–H and O–H groups in total. The number of fused-ring (bicyclic) bond motifs is 1. The van der Waals surface area contributed by atoms with Crippen LogP contribution in [-0.2, 0) is 19.7 Å². The molecule has 0 aliphatic rings. The first-order chi connectivity index (χ1) is 16.4. The first-order valence-electron chi connectivity index (χ1n) is 9.69. The number of hydrogen-bond donors (Lipinski definition) is 1. The lowest BCUT2D eigenvalue weighted by Crippen LogP contribution is -2.36. The van der Waals surface area contributed by atoms with Gasteiger partial charge in [0, 0.05) is 35.4 Å². The van der Waals surface area contributed by atoms with Gasteiger partial charge in [0.1, 0.15) is 18.0 Å². The summed E-state index contributed by atoms with van der Waals surface area (Å²) in [4.78, 5) is 23.0. The molecule has 0 unspecified atom stereocenters. The number of nitrogens with zero attached hydrogens (tertiary/aromatic N) is 4. The van der Waals surface area contributed by atoms with E-state index in [1.54, 1.807) is 47.2 Å². The summed E-state index contributed by atoms with van der Waals surface area (Å²) in [5, 5.41) is 4.30. The van der Waals surface area contributed by atoms with E-state index in [2.05, 4.69) is 20.1 Å². The third-order valence-electron chi connectivity index (χ3n) is 4.76. The molecule has 182 valence electrons. The number of alkyl halides is 3. The number of hydroxylamine groups is 1. The van der Waals surface area contributed by atoms with Crippen molar-refractivity contribution in [2.75, 3.05) is 12.4 Å². The molecular weight excluding hydrogens is 511 g/mol. The Balaban J connectivity index is 1.66. The fraction of sp³-hybridized carbons (Fsp3) is 0.0952. The van der Waals surface area contributed by atoms with Crippen LogP contribution in [0.15, 0.2) is 72.0 Å². The number of halogens is 4. The molecule has 0 bridgehead atoms. The van der Waals surface area contributed by atoms with E-state index in [9.17, 15) is 26.4 Å². The van der Waals surface area contributed by atoms with Crippen molar-refractivity contribution in [3.05, 3.63) is 72.1 Å². The number of sulfonamides is 1. The second kappa shape index (κ2) is 9.17. The molecule has 0 aliphatic heterocycles. The Morgan fingerprint density at radius 1 is 1.09 bits per heavy atom. The van der Waals surface area contributed by atoms with Gasteiger partial charge >= 0.3 is 12.1 Å². The Labute approximate surface area is 201 Å². The predicted molar refractivity (Wildman–Crippen MR) is 121 cm³/mol. The van der Waals surface area contributed by atoms with Gasteiger partial charge in [-0.1, -0.05) is 17.7 Å². The Kier molecular flexibility index (Phi) is 6.40. The van der Waals surface area contributed by atoms with Crippen LogP contribution in [-0.4, -0.2) is 46.6 Å². The van der Waals surface area contributed by atoms with Crippen LogP contribution in [0.1, 0.15) is 0 Å². The van der Waals surface area contributed by atoms with Gasteiger partial charge in [0.15, 0.2) is 0 Å². The van der Waals surface area contributed by atoms with Gasteiger partial charge in [0.05, 0.1) is 10.4 Å². The zero-order valence-electron chi connectivity index (χ0n) is 17.7. The molecule has 4 rings (SSSR count). The van der Waals surface area contributed by atoms with E-state index in [1.807, 2.05) is 0 Å². The fourth-order valence-electron chi connectivity index (χ4n) is 3.06. The van der Waals surface area contributed by atoms with Crippen molar-refractivity contribution in [1.82, 2.24) is 19.0 Å². The fourth-order valence-corrected chi connectivity index (χ4v) is 4.15. The summed E-state index contributed by atoms with van der Waals surface area (Å²) in [7, 11) is -3.90. The maximum atomic E-state index is 12.7. The second-order valence-electron chi connectivity index (χ2n) is 7.09. The highest BCUT2D eigenvalue weighted by Crippen LogP contribution is 2.27. The van der Waals surface area contributed by atoms with Crippen molar-refractivity contribution in [2.45, 2.75) is 11.1 Å². The van der Waals surface area contributed by atoms with Crippen LogP contribution in [0.4, 0.5) is 24.7 Å². The molecular formula is C21H15ClF3N5O4S. The highest BCUT2D eigenvalue weighted by molar-refractivity contribution is 7.89. The van der Waals surface area contributed by atoms with Gasteiger partial charge in [0.25, 0.3) is 10.0 Å². The van der Waals surface area contributed by atoms with Crippen LogP contribution in [0.3, 0.4) is 0 Å². The molecule has 0 aliphatic carbocycles. The molecule has 0 radical (unpaired) electrons. The Morgan fingerprint density at radius 2 is 1.80 bits per heavy atom. The molecule has 2 heterocycles. The summed E-state index contributed by atoms with van der Waals surface area (Å²) in [6, 6.07) is 14.1. The molecule has 2 aromatic carbocycles. The Bertz CT molecular complexity index is 1510. The van der Waals surface area contributed by atoms with Crippen molar-refractivity contribution < 1.29 is 31.2 Å². The highest BCUT2D eigenvalue weighted by atomic mass is 35.5. The van der Waals surface area contributed by atoms with E-state index >= 15 is 0 Å². The van der Waals surface area contributed by atoms with E-state index in [0.717, 1.165) is 5.69 Å². The number of benzene rings is 2. The van der Waals surface area contributed by atoms with Gasteiger partial charge in [-0.2, -0.15) is 13.2 Å². The molecule has 9 nitrogen and oxygen atoms in total. The maximum absolute atomic E-state index is 12.7. The van der Waals surface area contributed by atoms with Crippen LogP contribution in [0.2, 0.25) is 5.02 Å². The number of hydrogen-bond acceptors (Lipinski definition) is 7. The zero-order chi connectivity index (χ0) is 25.4. The number of aromatic nitrogens is 3. The van der Waals surface area contributed by atoms with Gasteiger partial charge in [0.2, 0.25) is 0 Å². The molecule has 0 saturated heterocycles. The lowest BCUT2D eigenvalue weighted by molar-refractivity contribution is -0.219. The SMILES string of the molecule is CN(OC(=O)C(F)(F)F)S(=O)(=O)c1ccc2ccn(-c3cc(Nc4ccc(Cl)cc4)ncn3)c2c1. The number of carbonyl (C=O) groups is 1. The van der Waals surface area contributed by atoms with Crippen molar-refractivity contribution >= 4 is 50.0 Å². The number of anilines is 2.